The van der Waals surface area contributed by atoms with Gasteiger partial charge in [-0.3, -0.25) is 0 Å². The van der Waals surface area contributed by atoms with Crippen LogP contribution < -0.4 is 0 Å². The fourth-order valence-electron chi connectivity index (χ4n) is 1.97. The Morgan fingerprint density at radius 1 is 1.53 bits per heavy atom. The first kappa shape index (κ1) is 10.5. The van der Waals surface area contributed by atoms with Crippen molar-refractivity contribution in [1.82, 2.24) is 0 Å². The molecular weight excluding hydrogens is 206 g/mol. The third-order valence-electron chi connectivity index (χ3n) is 3.02. The molecule has 3 heteroatoms. The average molecular weight is 219 g/mol. The predicted molar refractivity (Wildman–Crippen MR) is 61.5 cm³/mol. The van der Waals surface area contributed by atoms with Gasteiger partial charge in [-0.1, -0.05) is 25.1 Å². The predicted octanol–water partition coefficient (Wildman–Crippen LogP) is 2.13. The summed E-state index contributed by atoms with van der Waals surface area (Å²) in [7, 11) is 0. The molecule has 1 N–H and O–H groups in total. The standard InChI is InChI=1S/C12H13NOS/c1-9-7-15-8-12(9,14)11-5-3-2-4-10(11)6-13/h2-5,9,14H,7-8H2,1H3. The summed E-state index contributed by atoms with van der Waals surface area (Å²) in [5, 5.41) is 19.6. The van der Waals surface area contributed by atoms with Crippen molar-refractivity contribution in [2.24, 2.45) is 5.92 Å². The zero-order chi connectivity index (χ0) is 10.9. The van der Waals surface area contributed by atoms with Gasteiger partial charge in [0.25, 0.3) is 0 Å². The lowest BCUT2D eigenvalue weighted by Crippen LogP contribution is -2.33. The van der Waals surface area contributed by atoms with Crippen LogP contribution in [-0.4, -0.2) is 16.6 Å². The molecule has 0 bridgehead atoms. The minimum absolute atomic E-state index is 0.206. The lowest BCUT2D eigenvalue weighted by molar-refractivity contribution is 0.0232. The Kier molecular flexibility index (Phi) is 2.72. The normalized spacial score (nSPS) is 30.1. The van der Waals surface area contributed by atoms with E-state index in [1.54, 1.807) is 17.8 Å². The number of aliphatic hydroxyl groups is 1. The monoisotopic (exact) mass is 219 g/mol. The van der Waals surface area contributed by atoms with Gasteiger partial charge >= 0.3 is 0 Å². The van der Waals surface area contributed by atoms with Gasteiger partial charge < -0.3 is 5.11 Å². The summed E-state index contributed by atoms with van der Waals surface area (Å²) in [5.74, 6) is 1.85. The van der Waals surface area contributed by atoms with Crippen LogP contribution in [0.4, 0.5) is 0 Å². The van der Waals surface area contributed by atoms with Crippen molar-refractivity contribution in [1.29, 1.82) is 5.26 Å². The van der Waals surface area contributed by atoms with Gasteiger partial charge in [0.2, 0.25) is 0 Å². The Hall–Kier alpha value is -0.980. The minimum atomic E-state index is -0.822. The molecule has 0 aromatic heterocycles. The van der Waals surface area contributed by atoms with Crippen LogP contribution >= 0.6 is 11.8 Å². The van der Waals surface area contributed by atoms with Gasteiger partial charge in [0.05, 0.1) is 11.6 Å². The first-order valence-electron chi connectivity index (χ1n) is 4.98. The van der Waals surface area contributed by atoms with Crippen LogP contribution in [0, 0.1) is 17.2 Å². The number of nitriles is 1. The highest BCUT2D eigenvalue weighted by molar-refractivity contribution is 7.99. The van der Waals surface area contributed by atoms with Crippen molar-refractivity contribution in [2.75, 3.05) is 11.5 Å². The molecule has 2 unspecified atom stereocenters. The van der Waals surface area contributed by atoms with Crippen molar-refractivity contribution in [3.63, 3.8) is 0 Å². The van der Waals surface area contributed by atoms with Crippen molar-refractivity contribution < 1.29 is 5.11 Å². The molecule has 0 saturated carbocycles. The van der Waals surface area contributed by atoms with E-state index in [-0.39, 0.29) is 5.92 Å². The van der Waals surface area contributed by atoms with E-state index in [0.29, 0.717) is 11.3 Å². The van der Waals surface area contributed by atoms with Gasteiger partial charge in [0, 0.05) is 11.3 Å². The second kappa shape index (κ2) is 3.88. The number of hydrogen-bond acceptors (Lipinski definition) is 3. The molecule has 0 spiro atoms. The number of rotatable bonds is 1. The number of benzene rings is 1. The third-order valence-corrected chi connectivity index (χ3v) is 4.40. The molecule has 2 atom stereocenters. The zero-order valence-electron chi connectivity index (χ0n) is 8.60. The number of nitrogens with zero attached hydrogens (tertiary/aromatic N) is 1. The van der Waals surface area contributed by atoms with Crippen LogP contribution in [-0.2, 0) is 5.60 Å². The summed E-state index contributed by atoms with van der Waals surface area (Å²) in [6, 6.07) is 9.49. The van der Waals surface area contributed by atoms with E-state index in [1.165, 1.54) is 0 Å². The molecule has 1 fully saturated rings. The van der Waals surface area contributed by atoms with Crippen molar-refractivity contribution in [3.05, 3.63) is 35.4 Å². The van der Waals surface area contributed by atoms with E-state index in [1.807, 2.05) is 25.1 Å². The van der Waals surface area contributed by atoms with Gasteiger partial charge in [-0.05, 0) is 17.7 Å². The van der Waals surface area contributed by atoms with Gasteiger partial charge in [-0.25, -0.2) is 0 Å². The summed E-state index contributed by atoms with van der Waals surface area (Å²) in [6.45, 7) is 2.04. The molecule has 1 heterocycles. The van der Waals surface area contributed by atoms with Crippen LogP contribution in [0.25, 0.3) is 0 Å². The summed E-state index contributed by atoms with van der Waals surface area (Å²) in [4.78, 5) is 0. The SMILES string of the molecule is CC1CSCC1(O)c1ccccc1C#N. The molecule has 2 nitrogen and oxygen atoms in total. The van der Waals surface area contributed by atoms with Crippen LogP contribution in [0.5, 0.6) is 0 Å². The van der Waals surface area contributed by atoms with E-state index in [2.05, 4.69) is 6.07 Å². The van der Waals surface area contributed by atoms with Gasteiger partial charge in [-0.2, -0.15) is 17.0 Å². The fraction of sp³-hybridized carbons (Fsp3) is 0.417. The van der Waals surface area contributed by atoms with Crippen LogP contribution in [0.2, 0.25) is 0 Å². The molecule has 1 aromatic rings. The summed E-state index contributed by atoms with van der Waals surface area (Å²) in [6.07, 6.45) is 0. The molecule has 0 radical (unpaired) electrons. The Morgan fingerprint density at radius 2 is 2.27 bits per heavy atom. The van der Waals surface area contributed by atoms with Crippen molar-refractivity contribution in [3.8, 4) is 6.07 Å². The second-order valence-electron chi connectivity index (χ2n) is 4.00. The molecule has 0 aliphatic carbocycles. The fourth-order valence-corrected chi connectivity index (χ4v) is 3.47. The zero-order valence-corrected chi connectivity index (χ0v) is 9.42. The van der Waals surface area contributed by atoms with E-state index in [4.69, 9.17) is 5.26 Å². The number of thioether (sulfide) groups is 1. The van der Waals surface area contributed by atoms with Gasteiger partial charge in [-0.15, -0.1) is 0 Å². The second-order valence-corrected chi connectivity index (χ2v) is 5.03. The Balaban J connectivity index is 2.49. The van der Waals surface area contributed by atoms with Crippen LogP contribution in [0.3, 0.4) is 0 Å². The van der Waals surface area contributed by atoms with Gasteiger partial charge in [0.15, 0.2) is 0 Å². The summed E-state index contributed by atoms with van der Waals surface area (Å²) < 4.78 is 0. The average Bonchev–Trinajstić information content (AvgIpc) is 2.60. The largest absolute Gasteiger partial charge is 0.384 e. The first-order chi connectivity index (χ1) is 7.18. The molecule has 1 aliphatic rings. The summed E-state index contributed by atoms with van der Waals surface area (Å²) >= 11 is 1.74. The summed E-state index contributed by atoms with van der Waals surface area (Å²) in [5.41, 5.74) is 0.552. The Morgan fingerprint density at radius 3 is 2.87 bits per heavy atom. The maximum Gasteiger partial charge on any atom is 0.103 e. The maximum absolute atomic E-state index is 10.6. The lowest BCUT2D eigenvalue weighted by atomic mass is 9.83. The lowest BCUT2D eigenvalue weighted by Gasteiger charge is -2.28. The van der Waals surface area contributed by atoms with E-state index < -0.39 is 5.60 Å². The highest BCUT2D eigenvalue weighted by Gasteiger charge is 2.41. The van der Waals surface area contributed by atoms with Crippen molar-refractivity contribution >= 4 is 11.8 Å². The third kappa shape index (κ3) is 1.64. The molecule has 78 valence electrons. The van der Waals surface area contributed by atoms with E-state index in [0.717, 1.165) is 11.3 Å². The smallest absolute Gasteiger partial charge is 0.103 e. The molecule has 2 rings (SSSR count). The van der Waals surface area contributed by atoms with Crippen LogP contribution in [0.1, 0.15) is 18.1 Å². The number of hydrogen-bond donors (Lipinski definition) is 1. The molecular formula is C12H13NOS. The van der Waals surface area contributed by atoms with Gasteiger partial charge in [0.1, 0.15) is 5.60 Å². The molecule has 1 saturated heterocycles. The highest BCUT2D eigenvalue weighted by Crippen LogP contribution is 2.42. The quantitative estimate of drug-likeness (QED) is 0.787. The van der Waals surface area contributed by atoms with E-state index in [9.17, 15) is 5.11 Å². The molecule has 1 aliphatic heterocycles. The Labute approximate surface area is 93.9 Å². The topological polar surface area (TPSA) is 44.0 Å². The minimum Gasteiger partial charge on any atom is -0.384 e. The Bertz CT molecular complexity index is 412. The first-order valence-corrected chi connectivity index (χ1v) is 6.13. The van der Waals surface area contributed by atoms with Crippen molar-refractivity contribution in [2.45, 2.75) is 12.5 Å². The molecule has 0 amide bonds. The maximum atomic E-state index is 10.6. The highest BCUT2D eigenvalue weighted by atomic mass is 32.2. The van der Waals surface area contributed by atoms with E-state index >= 15 is 0 Å². The molecule has 15 heavy (non-hydrogen) atoms. The van der Waals surface area contributed by atoms with Crippen LogP contribution in [0.15, 0.2) is 24.3 Å². The molecule has 1 aromatic carbocycles.